The summed E-state index contributed by atoms with van der Waals surface area (Å²) >= 11 is 12.6. The second kappa shape index (κ2) is 15.8. The van der Waals surface area contributed by atoms with Gasteiger partial charge in [0, 0.05) is 29.6 Å². The van der Waals surface area contributed by atoms with Crippen molar-refractivity contribution in [2.45, 2.75) is 45.7 Å². The fourth-order valence-electron chi connectivity index (χ4n) is 4.38. The third-order valence-corrected chi connectivity index (χ3v) is 8.30. The Bertz CT molecular complexity index is 1440. The van der Waals surface area contributed by atoms with Gasteiger partial charge in [0.1, 0.15) is 18.3 Å². The van der Waals surface area contributed by atoms with Gasteiger partial charge in [-0.2, -0.15) is 0 Å². The van der Waals surface area contributed by atoms with Crippen LogP contribution in [0.15, 0.2) is 72.8 Å². The summed E-state index contributed by atoms with van der Waals surface area (Å²) in [6, 6.07) is 19.8. The van der Waals surface area contributed by atoms with Gasteiger partial charge in [0.15, 0.2) is 0 Å². The SMILES string of the molecule is CCCCNC(=O)[C@H](Cc1ccccc1)N(Cc1ccc(Cl)cc1Cl)C(=O)CN(c1ccc(OCC)cc1)S(C)(=O)=O. The molecule has 3 rings (SSSR count). The topological polar surface area (TPSA) is 96.0 Å². The van der Waals surface area contributed by atoms with E-state index in [0.717, 1.165) is 29.0 Å². The monoisotopic (exact) mass is 633 g/mol. The second-order valence-electron chi connectivity index (χ2n) is 9.80. The summed E-state index contributed by atoms with van der Waals surface area (Å²) in [7, 11) is -3.88. The van der Waals surface area contributed by atoms with Crippen molar-refractivity contribution in [2.75, 3.05) is 30.3 Å². The van der Waals surface area contributed by atoms with Gasteiger partial charge < -0.3 is 15.0 Å². The number of hydrogen-bond acceptors (Lipinski definition) is 5. The number of amides is 2. The summed E-state index contributed by atoms with van der Waals surface area (Å²) in [6.45, 7) is 4.22. The molecule has 226 valence electrons. The predicted molar refractivity (Wildman–Crippen MR) is 169 cm³/mol. The molecule has 11 heteroatoms. The van der Waals surface area contributed by atoms with Gasteiger partial charge in [0.2, 0.25) is 21.8 Å². The Kier molecular flexibility index (Phi) is 12.5. The zero-order chi connectivity index (χ0) is 30.7. The maximum absolute atomic E-state index is 14.1. The summed E-state index contributed by atoms with van der Waals surface area (Å²) in [6.07, 6.45) is 2.92. The summed E-state index contributed by atoms with van der Waals surface area (Å²) in [5.74, 6) is -0.323. The van der Waals surface area contributed by atoms with Crippen molar-refractivity contribution >= 4 is 50.7 Å². The van der Waals surface area contributed by atoms with Gasteiger partial charge in [-0.05, 0) is 60.9 Å². The molecule has 0 aromatic heterocycles. The van der Waals surface area contributed by atoms with Crippen molar-refractivity contribution < 1.29 is 22.7 Å². The first-order valence-corrected chi connectivity index (χ1v) is 16.4. The second-order valence-corrected chi connectivity index (χ2v) is 12.6. The molecule has 2 amide bonds. The first-order valence-electron chi connectivity index (χ1n) is 13.8. The van der Waals surface area contributed by atoms with E-state index in [9.17, 15) is 18.0 Å². The maximum atomic E-state index is 14.1. The van der Waals surface area contributed by atoms with Crippen molar-refractivity contribution in [2.24, 2.45) is 0 Å². The van der Waals surface area contributed by atoms with E-state index in [4.69, 9.17) is 27.9 Å². The van der Waals surface area contributed by atoms with Crippen LogP contribution in [0, 0.1) is 0 Å². The molecule has 0 unspecified atom stereocenters. The van der Waals surface area contributed by atoms with Crippen LogP contribution in [-0.2, 0) is 32.6 Å². The number of sulfonamides is 1. The number of hydrogen-bond donors (Lipinski definition) is 1. The lowest BCUT2D eigenvalue weighted by Crippen LogP contribution is -2.53. The van der Waals surface area contributed by atoms with Crippen molar-refractivity contribution in [3.8, 4) is 5.75 Å². The van der Waals surface area contributed by atoms with Crippen molar-refractivity contribution in [1.82, 2.24) is 10.2 Å². The Labute approximate surface area is 258 Å². The lowest BCUT2D eigenvalue weighted by Gasteiger charge is -2.33. The average molecular weight is 635 g/mol. The normalized spacial score (nSPS) is 11.9. The Morgan fingerprint density at radius 2 is 1.67 bits per heavy atom. The highest BCUT2D eigenvalue weighted by Gasteiger charge is 2.33. The molecular weight excluding hydrogens is 597 g/mol. The summed E-state index contributed by atoms with van der Waals surface area (Å²) in [4.78, 5) is 29.2. The minimum absolute atomic E-state index is 0.0333. The molecule has 0 radical (unpaired) electrons. The molecule has 3 aromatic carbocycles. The number of nitrogens with zero attached hydrogens (tertiary/aromatic N) is 2. The molecule has 0 aliphatic heterocycles. The molecule has 0 aliphatic carbocycles. The van der Waals surface area contributed by atoms with E-state index in [2.05, 4.69) is 5.32 Å². The fourth-order valence-corrected chi connectivity index (χ4v) is 5.70. The first kappa shape index (κ1) is 33.2. The number of nitrogens with one attached hydrogen (secondary N) is 1. The van der Waals surface area contributed by atoms with E-state index < -0.39 is 28.5 Å². The lowest BCUT2D eigenvalue weighted by atomic mass is 10.0. The number of rotatable bonds is 15. The summed E-state index contributed by atoms with van der Waals surface area (Å²) in [5, 5.41) is 3.71. The van der Waals surface area contributed by atoms with E-state index in [1.165, 1.54) is 4.90 Å². The molecule has 3 aromatic rings. The fraction of sp³-hybridized carbons (Fsp3) is 0.355. The molecule has 1 N–H and O–H groups in total. The largest absolute Gasteiger partial charge is 0.494 e. The van der Waals surface area contributed by atoms with Gasteiger partial charge in [0.25, 0.3) is 0 Å². The van der Waals surface area contributed by atoms with Crippen LogP contribution in [-0.4, -0.2) is 57.1 Å². The quantitative estimate of drug-likeness (QED) is 0.216. The Hall–Kier alpha value is -3.27. The van der Waals surface area contributed by atoms with Crippen molar-refractivity contribution in [1.29, 1.82) is 0 Å². The number of benzene rings is 3. The van der Waals surface area contributed by atoms with Crippen LogP contribution in [0.4, 0.5) is 5.69 Å². The first-order chi connectivity index (χ1) is 20.0. The Morgan fingerprint density at radius 1 is 0.976 bits per heavy atom. The van der Waals surface area contributed by atoms with E-state index in [1.54, 1.807) is 42.5 Å². The molecule has 42 heavy (non-hydrogen) atoms. The summed E-state index contributed by atoms with van der Waals surface area (Å²) in [5.41, 5.74) is 1.71. The number of ether oxygens (including phenoxy) is 1. The maximum Gasteiger partial charge on any atom is 0.244 e. The summed E-state index contributed by atoms with van der Waals surface area (Å²) < 4.78 is 32.4. The number of unbranched alkanes of at least 4 members (excludes halogenated alkanes) is 1. The van der Waals surface area contributed by atoms with Crippen LogP contribution in [0.1, 0.15) is 37.8 Å². The molecule has 0 heterocycles. The predicted octanol–water partition coefficient (Wildman–Crippen LogP) is 5.71. The van der Waals surface area contributed by atoms with E-state index >= 15 is 0 Å². The van der Waals surface area contributed by atoms with Gasteiger partial charge in [0.05, 0.1) is 18.6 Å². The van der Waals surface area contributed by atoms with Crippen molar-refractivity contribution in [3.05, 3.63) is 94.0 Å². The molecule has 0 fully saturated rings. The van der Waals surface area contributed by atoms with Crippen LogP contribution in [0.2, 0.25) is 10.0 Å². The molecule has 0 bridgehead atoms. The van der Waals surface area contributed by atoms with Gasteiger partial charge >= 0.3 is 0 Å². The zero-order valence-corrected chi connectivity index (χ0v) is 26.4. The molecule has 0 saturated carbocycles. The standard InChI is InChI=1S/C31H37Cl2N3O5S/c1-4-6-18-34-31(38)29(19-23-10-8-7-9-11-23)35(21-24-12-13-25(32)20-28(24)33)30(37)22-36(42(3,39)40)26-14-16-27(17-15-26)41-5-2/h7-17,20,29H,4-6,18-19,21-22H2,1-3H3,(H,34,38)/t29-/m0/s1. The molecule has 0 spiro atoms. The molecular formula is C31H37Cl2N3O5S. The third kappa shape index (κ3) is 9.64. The Morgan fingerprint density at radius 3 is 2.26 bits per heavy atom. The highest BCUT2D eigenvalue weighted by atomic mass is 35.5. The number of carbonyl (C=O) groups excluding carboxylic acids is 2. The number of halogens is 2. The molecule has 0 saturated heterocycles. The van der Waals surface area contributed by atoms with Crippen LogP contribution >= 0.6 is 23.2 Å². The molecule has 8 nitrogen and oxygen atoms in total. The lowest BCUT2D eigenvalue weighted by molar-refractivity contribution is -0.140. The zero-order valence-electron chi connectivity index (χ0n) is 24.1. The van der Waals surface area contributed by atoms with Crippen LogP contribution in [0.5, 0.6) is 5.75 Å². The van der Waals surface area contributed by atoms with Gasteiger partial charge in [-0.1, -0.05) is 72.9 Å². The van der Waals surface area contributed by atoms with E-state index in [1.807, 2.05) is 44.2 Å². The minimum atomic E-state index is -3.88. The van der Waals surface area contributed by atoms with Crippen LogP contribution in [0.3, 0.4) is 0 Å². The number of anilines is 1. The smallest absolute Gasteiger partial charge is 0.244 e. The highest BCUT2D eigenvalue weighted by molar-refractivity contribution is 7.92. The van der Waals surface area contributed by atoms with E-state index in [0.29, 0.717) is 40.2 Å². The molecule has 0 aliphatic rings. The van der Waals surface area contributed by atoms with E-state index in [-0.39, 0.29) is 18.9 Å². The third-order valence-electron chi connectivity index (χ3n) is 6.57. The average Bonchev–Trinajstić information content (AvgIpc) is 2.95. The van der Waals surface area contributed by atoms with Crippen molar-refractivity contribution in [3.63, 3.8) is 0 Å². The van der Waals surface area contributed by atoms with Gasteiger partial charge in [-0.15, -0.1) is 0 Å². The highest BCUT2D eigenvalue weighted by Crippen LogP contribution is 2.26. The van der Waals surface area contributed by atoms with Gasteiger partial charge in [-0.3, -0.25) is 13.9 Å². The Balaban J connectivity index is 2.04. The van der Waals surface area contributed by atoms with Crippen LogP contribution in [0.25, 0.3) is 0 Å². The minimum Gasteiger partial charge on any atom is -0.494 e. The molecule has 1 atom stereocenters. The van der Waals surface area contributed by atoms with Gasteiger partial charge in [-0.25, -0.2) is 8.42 Å². The van der Waals surface area contributed by atoms with Crippen LogP contribution < -0.4 is 14.4 Å². The number of carbonyl (C=O) groups is 2.